The molecule has 4 fully saturated rings. The maximum Gasteiger partial charge on any atom is 0.309 e. The van der Waals surface area contributed by atoms with Gasteiger partial charge in [0.1, 0.15) is 12.7 Å². The van der Waals surface area contributed by atoms with Crippen LogP contribution in [0.3, 0.4) is 0 Å². The number of aliphatic imine (C=N–C) groups is 1. The Bertz CT molecular complexity index is 1080. The molecule has 6 aliphatic carbocycles. The number of methoxy groups -OCH3 is 1. The standard InChI is InChI=1S/C27H35NO7/c1-13-11-28-24-25(13)10-20(35-15(3)30)27(12-34-14(2)29)19(22(25)31)8-6-16-5-7-17-18(23(32)33-4)9-26(24,27)21(16)17/h13,17-20,22,31H,5-12H2,1-4H3/t13-,17-,18-,19-,20-,22-,25+,26+,27-/m1/s1. The molecule has 1 N–H and O–H groups in total. The van der Waals surface area contributed by atoms with Gasteiger partial charge in [-0.25, -0.2) is 0 Å². The van der Waals surface area contributed by atoms with Crippen molar-refractivity contribution in [3.05, 3.63) is 11.1 Å². The van der Waals surface area contributed by atoms with Crippen LogP contribution in [-0.4, -0.2) is 61.2 Å². The molecule has 0 unspecified atom stereocenters. The van der Waals surface area contributed by atoms with Crippen LogP contribution in [0, 0.1) is 39.9 Å². The molecular formula is C27H35NO7. The summed E-state index contributed by atoms with van der Waals surface area (Å²) in [6.07, 6.45) is 3.10. The third-order valence-corrected chi connectivity index (χ3v) is 10.8. The third kappa shape index (κ3) is 2.52. The molecule has 1 heterocycles. The zero-order valence-corrected chi connectivity index (χ0v) is 21.0. The Balaban J connectivity index is 1.67. The van der Waals surface area contributed by atoms with Crippen molar-refractivity contribution < 1.29 is 33.7 Å². The van der Waals surface area contributed by atoms with E-state index in [0.29, 0.717) is 19.4 Å². The van der Waals surface area contributed by atoms with E-state index in [-0.39, 0.29) is 42.2 Å². The normalized spacial score (nSPS) is 46.5. The van der Waals surface area contributed by atoms with Crippen LogP contribution in [0.5, 0.6) is 0 Å². The molecule has 4 bridgehead atoms. The van der Waals surface area contributed by atoms with Crippen molar-refractivity contribution in [1.82, 2.24) is 0 Å². The van der Waals surface area contributed by atoms with Crippen LogP contribution in [-0.2, 0) is 28.6 Å². The number of ether oxygens (including phenoxy) is 3. The number of nitrogens with zero attached hydrogens (tertiary/aromatic N) is 1. The topological polar surface area (TPSA) is 111 Å². The van der Waals surface area contributed by atoms with Gasteiger partial charge >= 0.3 is 17.9 Å². The minimum absolute atomic E-state index is 0.0306. The lowest BCUT2D eigenvalue weighted by molar-refractivity contribution is -0.245. The Kier molecular flexibility index (Phi) is 4.91. The average molecular weight is 486 g/mol. The molecule has 4 saturated carbocycles. The molecule has 1 aliphatic heterocycles. The number of fused-ring (bicyclic) bond motifs is 1. The van der Waals surface area contributed by atoms with Gasteiger partial charge in [0, 0.05) is 36.9 Å². The minimum atomic E-state index is -0.878. The number of hydrogen-bond donors (Lipinski definition) is 1. The second kappa shape index (κ2) is 7.40. The van der Waals surface area contributed by atoms with Gasteiger partial charge in [0.05, 0.1) is 24.5 Å². The number of aliphatic hydroxyl groups excluding tert-OH is 1. The summed E-state index contributed by atoms with van der Waals surface area (Å²) in [4.78, 5) is 42.9. The Morgan fingerprint density at radius 1 is 1.11 bits per heavy atom. The van der Waals surface area contributed by atoms with Crippen molar-refractivity contribution >= 4 is 23.6 Å². The monoisotopic (exact) mass is 485 g/mol. The number of carbonyl (C=O) groups is 3. The SMILES string of the molecule is COC(=O)[C@@H]1C[C@]23C4=NC[C@@H](C)[C@]45C[C@@H](OC(C)=O)[C@@]2(COC(C)=O)[C@H](CCC2=C3[C@@H]1CC2)[C@H]5O. The van der Waals surface area contributed by atoms with Crippen molar-refractivity contribution in [3.63, 3.8) is 0 Å². The highest BCUT2D eigenvalue weighted by Crippen LogP contribution is 2.79. The molecule has 7 aliphatic rings. The van der Waals surface area contributed by atoms with Crippen LogP contribution in [0.15, 0.2) is 16.1 Å². The lowest BCUT2D eigenvalue weighted by atomic mass is 9.34. The predicted octanol–water partition coefficient (Wildman–Crippen LogP) is 2.62. The summed E-state index contributed by atoms with van der Waals surface area (Å²) in [5.41, 5.74) is 1.37. The maximum absolute atomic E-state index is 13.1. The van der Waals surface area contributed by atoms with Gasteiger partial charge in [-0.2, -0.15) is 0 Å². The molecule has 2 spiro atoms. The van der Waals surface area contributed by atoms with Gasteiger partial charge in [-0.05, 0) is 56.3 Å². The second-order valence-corrected chi connectivity index (χ2v) is 11.7. The van der Waals surface area contributed by atoms with Gasteiger partial charge < -0.3 is 19.3 Å². The van der Waals surface area contributed by atoms with Crippen LogP contribution in [0.2, 0.25) is 0 Å². The zero-order chi connectivity index (χ0) is 24.9. The number of allylic oxidation sites excluding steroid dienone is 2. The minimum Gasteiger partial charge on any atom is -0.469 e. The van der Waals surface area contributed by atoms with Gasteiger partial charge in [-0.3, -0.25) is 19.4 Å². The average Bonchev–Trinajstić information content (AvgIpc) is 3.45. The van der Waals surface area contributed by atoms with Crippen LogP contribution in [0.4, 0.5) is 0 Å². The first-order chi connectivity index (χ1) is 16.6. The van der Waals surface area contributed by atoms with E-state index in [9.17, 15) is 19.5 Å². The largest absolute Gasteiger partial charge is 0.469 e. The fourth-order valence-corrected chi connectivity index (χ4v) is 9.77. The van der Waals surface area contributed by atoms with Crippen molar-refractivity contribution in [2.75, 3.05) is 20.3 Å². The number of rotatable bonds is 4. The van der Waals surface area contributed by atoms with Crippen molar-refractivity contribution in [2.24, 2.45) is 44.9 Å². The first-order valence-corrected chi connectivity index (χ1v) is 13.0. The van der Waals surface area contributed by atoms with Gasteiger partial charge in [0.25, 0.3) is 0 Å². The van der Waals surface area contributed by atoms with E-state index in [1.807, 2.05) is 0 Å². The van der Waals surface area contributed by atoms with E-state index < -0.39 is 34.4 Å². The van der Waals surface area contributed by atoms with Crippen molar-refractivity contribution in [2.45, 2.75) is 71.5 Å². The van der Waals surface area contributed by atoms with Crippen molar-refractivity contribution in [3.8, 4) is 0 Å². The fourth-order valence-electron chi connectivity index (χ4n) is 9.77. The van der Waals surface area contributed by atoms with E-state index in [4.69, 9.17) is 19.2 Å². The first kappa shape index (κ1) is 23.2. The number of carbonyl (C=O) groups excluding carboxylic acids is 3. The van der Waals surface area contributed by atoms with E-state index >= 15 is 0 Å². The Hall–Kier alpha value is -2.22. The Labute approximate surface area is 205 Å². The summed E-state index contributed by atoms with van der Waals surface area (Å²) < 4.78 is 17.2. The highest BCUT2D eigenvalue weighted by Gasteiger charge is 2.83. The molecule has 0 aromatic heterocycles. The molecule has 0 aromatic rings. The summed E-state index contributed by atoms with van der Waals surface area (Å²) in [6.45, 7) is 5.55. The summed E-state index contributed by atoms with van der Waals surface area (Å²) in [7, 11) is 1.44. The molecule has 0 radical (unpaired) electrons. The van der Waals surface area contributed by atoms with Crippen LogP contribution >= 0.6 is 0 Å². The molecule has 9 atom stereocenters. The quantitative estimate of drug-likeness (QED) is 0.370. The molecule has 0 saturated heterocycles. The molecule has 8 heteroatoms. The second-order valence-electron chi connectivity index (χ2n) is 11.7. The van der Waals surface area contributed by atoms with E-state index in [0.717, 1.165) is 31.4 Å². The first-order valence-electron chi connectivity index (χ1n) is 13.0. The summed E-state index contributed by atoms with van der Waals surface area (Å²) in [6, 6.07) is 0. The van der Waals surface area contributed by atoms with Crippen LogP contribution in [0.25, 0.3) is 0 Å². The number of hydrogen-bond acceptors (Lipinski definition) is 8. The van der Waals surface area contributed by atoms with E-state index in [1.165, 1.54) is 32.1 Å². The van der Waals surface area contributed by atoms with Gasteiger partial charge in [-0.1, -0.05) is 18.1 Å². The number of esters is 3. The smallest absolute Gasteiger partial charge is 0.309 e. The molecular weight excluding hydrogens is 450 g/mol. The summed E-state index contributed by atoms with van der Waals surface area (Å²) in [5, 5.41) is 12.1. The molecule has 190 valence electrons. The van der Waals surface area contributed by atoms with Gasteiger partial charge in [0.15, 0.2) is 0 Å². The molecule has 0 amide bonds. The highest BCUT2D eigenvalue weighted by atomic mass is 16.6. The van der Waals surface area contributed by atoms with Crippen molar-refractivity contribution in [1.29, 1.82) is 0 Å². The van der Waals surface area contributed by atoms with Gasteiger partial charge in [-0.15, -0.1) is 0 Å². The van der Waals surface area contributed by atoms with Gasteiger partial charge in [0.2, 0.25) is 0 Å². The predicted molar refractivity (Wildman–Crippen MR) is 124 cm³/mol. The lowest BCUT2D eigenvalue weighted by Gasteiger charge is -2.70. The molecule has 35 heavy (non-hydrogen) atoms. The number of aliphatic hydroxyl groups is 1. The van der Waals surface area contributed by atoms with E-state index in [2.05, 4.69) is 6.92 Å². The Morgan fingerprint density at radius 2 is 1.86 bits per heavy atom. The maximum atomic E-state index is 13.1. The molecule has 0 aromatic carbocycles. The third-order valence-electron chi connectivity index (χ3n) is 10.8. The Morgan fingerprint density at radius 3 is 2.54 bits per heavy atom. The molecule has 7 rings (SSSR count). The zero-order valence-electron chi connectivity index (χ0n) is 21.0. The van der Waals surface area contributed by atoms with Crippen LogP contribution < -0.4 is 0 Å². The van der Waals surface area contributed by atoms with Crippen LogP contribution in [0.1, 0.15) is 59.3 Å². The summed E-state index contributed by atoms with van der Waals surface area (Å²) >= 11 is 0. The highest BCUT2D eigenvalue weighted by molar-refractivity contribution is 6.04. The summed E-state index contributed by atoms with van der Waals surface area (Å²) in [5.74, 6) is -1.48. The lowest BCUT2D eigenvalue weighted by Crippen LogP contribution is -2.78. The fraction of sp³-hybridized carbons (Fsp3) is 0.778. The molecule has 8 nitrogen and oxygen atoms in total. The van der Waals surface area contributed by atoms with E-state index in [1.54, 1.807) is 0 Å².